The molecule has 0 heterocycles. The van der Waals surface area contributed by atoms with Crippen LogP contribution in [-0.4, -0.2) is 0 Å². The molecule has 0 amide bonds. The minimum absolute atomic E-state index is 0.621. The van der Waals surface area contributed by atoms with Crippen molar-refractivity contribution in [2.75, 3.05) is 0 Å². The van der Waals surface area contributed by atoms with E-state index in [1.165, 1.54) is 27.8 Å². The van der Waals surface area contributed by atoms with Crippen molar-refractivity contribution in [2.45, 2.75) is 26.2 Å². The second kappa shape index (κ2) is 8.87. The van der Waals surface area contributed by atoms with Gasteiger partial charge >= 0.3 is 0 Å². The zero-order valence-electron chi connectivity index (χ0n) is 12.9. The number of hydrogen-bond donors (Lipinski definition) is 0. The van der Waals surface area contributed by atoms with Crippen LogP contribution in [0.4, 0.5) is 0 Å². The molecule has 2 aromatic carbocycles. The zero-order chi connectivity index (χ0) is 15.9. The topological polar surface area (TPSA) is 0 Å². The van der Waals surface area contributed by atoms with E-state index in [-0.39, 0.29) is 0 Å². The highest BCUT2D eigenvalue weighted by Crippen LogP contribution is 2.28. The summed E-state index contributed by atoms with van der Waals surface area (Å²) in [5.41, 5.74) is 7.18. The minimum Gasteiger partial charge on any atom is -0.0767 e. The number of rotatable bonds is 0. The fourth-order valence-electron chi connectivity index (χ4n) is 2.89. The molecule has 1 unspecified atom stereocenters. The van der Waals surface area contributed by atoms with Gasteiger partial charge in [-0.1, -0.05) is 73.7 Å². The zero-order valence-corrected chi connectivity index (χ0v) is 17.2. The van der Waals surface area contributed by atoms with Crippen LogP contribution in [0.5, 0.6) is 0 Å². The maximum Gasteiger partial charge on any atom is 0 e. The van der Waals surface area contributed by atoms with Crippen LogP contribution in [0.3, 0.4) is 0 Å². The molecule has 2 aromatic rings. The Morgan fingerprint density at radius 2 is 1.64 bits per heavy atom. The molecule has 2 heteroatoms. The van der Waals surface area contributed by atoms with E-state index in [2.05, 4.69) is 118 Å². The Bertz CT molecular complexity index is 684. The first kappa shape index (κ1) is 17.7. The van der Waals surface area contributed by atoms with Crippen molar-refractivity contribution in [3.63, 3.8) is 0 Å². The Labute approximate surface area is 157 Å². The lowest BCUT2D eigenvalue weighted by atomic mass is 10.0. The molecule has 0 saturated heterocycles. The van der Waals surface area contributed by atoms with Gasteiger partial charge in [-0.15, -0.1) is 0 Å². The highest BCUT2D eigenvalue weighted by Gasteiger charge is 2.10. The van der Waals surface area contributed by atoms with Gasteiger partial charge in [0, 0.05) is 37.2 Å². The molecule has 0 radical (unpaired) electrons. The molecule has 0 spiro atoms. The molecule has 2 aliphatic rings. The largest absolute Gasteiger partial charge is 0.0767 e. The molecular weight excluding hydrogens is 494 g/mol. The van der Waals surface area contributed by atoms with Crippen molar-refractivity contribution in [1.29, 1.82) is 0 Å². The Morgan fingerprint density at radius 3 is 2.36 bits per heavy atom. The van der Waals surface area contributed by atoms with E-state index < -0.39 is 0 Å². The van der Waals surface area contributed by atoms with Gasteiger partial charge in [-0.2, -0.15) is 0 Å². The number of halogens is 2. The maximum absolute atomic E-state index is 2.28. The van der Waals surface area contributed by atoms with E-state index in [1.807, 2.05) is 0 Å². The molecule has 0 aromatic heterocycles. The van der Waals surface area contributed by atoms with Gasteiger partial charge in [0.25, 0.3) is 0 Å². The Kier molecular flexibility index (Phi) is 7.15. The first-order valence-electron chi connectivity index (χ1n) is 7.42. The lowest BCUT2D eigenvalue weighted by molar-refractivity contribution is 0.990. The van der Waals surface area contributed by atoms with Gasteiger partial charge in [0.1, 0.15) is 0 Å². The fourth-order valence-corrected chi connectivity index (χ4v) is 2.89. The first-order valence-corrected chi connectivity index (χ1v) is 13.7. The van der Waals surface area contributed by atoms with Crippen molar-refractivity contribution in [2.24, 2.45) is 0 Å². The third kappa shape index (κ3) is 4.22. The average molecular weight is 514 g/mol. The number of allylic oxidation sites excluding steroid dienone is 3. The Hall–Kier alpha value is -0.620. The summed E-state index contributed by atoms with van der Waals surface area (Å²) in [7, 11) is 0. The molecule has 1 atom stereocenters. The van der Waals surface area contributed by atoms with Crippen molar-refractivity contribution < 1.29 is 0 Å². The van der Waals surface area contributed by atoms with E-state index in [4.69, 9.17) is 0 Å². The van der Waals surface area contributed by atoms with E-state index >= 15 is 0 Å². The number of fused-ring (bicyclic) bond motifs is 2. The second-order valence-corrected chi connectivity index (χ2v) is 5.53. The van der Waals surface area contributed by atoms with Crippen LogP contribution in [0.1, 0.15) is 42.0 Å². The molecule has 0 nitrogen and oxygen atoms in total. The SMILES string of the molecule is CC1=CCc2ccccc21.CC1C=Cc2ccccc21.II. The molecule has 0 aliphatic heterocycles. The molecule has 4 rings (SSSR count). The summed E-state index contributed by atoms with van der Waals surface area (Å²) in [6.07, 6.45) is 7.84. The van der Waals surface area contributed by atoms with Crippen LogP contribution in [0.2, 0.25) is 0 Å². The lowest BCUT2D eigenvalue weighted by Gasteiger charge is -2.01. The standard InChI is InChI=1S/2C10H10.I2/c2*1-8-6-7-9-4-2-3-5-10(8)9;1-2/h2-6H,7H2,1H3;2-8H,1H3;. The Morgan fingerprint density at radius 1 is 0.955 bits per heavy atom. The van der Waals surface area contributed by atoms with E-state index in [0.29, 0.717) is 5.92 Å². The van der Waals surface area contributed by atoms with Gasteiger partial charge in [0.2, 0.25) is 0 Å². The monoisotopic (exact) mass is 514 g/mol. The second-order valence-electron chi connectivity index (χ2n) is 5.53. The van der Waals surface area contributed by atoms with Crippen LogP contribution < -0.4 is 0 Å². The summed E-state index contributed by atoms with van der Waals surface area (Å²) in [6.45, 7) is 4.40. The van der Waals surface area contributed by atoms with Crippen molar-refractivity contribution in [1.82, 2.24) is 0 Å². The van der Waals surface area contributed by atoms with Gasteiger partial charge in [-0.3, -0.25) is 0 Å². The molecule has 0 fully saturated rings. The van der Waals surface area contributed by atoms with Crippen LogP contribution in [0, 0.1) is 0 Å². The highest BCUT2D eigenvalue weighted by molar-refractivity contribution is 15.0. The first-order chi connectivity index (χ1) is 10.8. The van der Waals surface area contributed by atoms with Crippen LogP contribution in [-0.2, 0) is 6.42 Å². The van der Waals surface area contributed by atoms with Crippen LogP contribution in [0.25, 0.3) is 11.6 Å². The van der Waals surface area contributed by atoms with Crippen molar-refractivity contribution >= 4 is 48.9 Å². The molecule has 0 saturated carbocycles. The van der Waals surface area contributed by atoms with Crippen molar-refractivity contribution in [3.05, 3.63) is 82.9 Å². The van der Waals surface area contributed by atoms with Gasteiger partial charge in [0.15, 0.2) is 0 Å². The predicted octanol–water partition coefficient (Wildman–Crippen LogP) is 7.23. The Balaban J connectivity index is 0.000000144. The molecule has 0 N–H and O–H groups in total. The highest BCUT2D eigenvalue weighted by atomic mass is 128. The van der Waals surface area contributed by atoms with E-state index in [0.717, 1.165) is 6.42 Å². The van der Waals surface area contributed by atoms with Crippen molar-refractivity contribution in [3.8, 4) is 0 Å². The summed E-state index contributed by atoms with van der Waals surface area (Å²) < 4.78 is 0. The third-order valence-corrected chi connectivity index (χ3v) is 4.12. The molecular formula is C20H20I2. The quantitative estimate of drug-likeness (QED) is 0.326. The average Bonchev–Trinajstić information content (AvgIpc) is 3.15. The summed E-state index contributed by atoms with van der Waals surface area (Å²) in [5, 5.41) is 0. The van der Waals surface area contributed by atoms with E-state index in [9.17, 15) is 0 Å². The fraction of sp³-hybridized carbons (Fsp3) is 0.200. The summed E-state index contributed by atoms with van der Waals surface area (Å²) in [5.74, 6) is 0.621. The lowest BCUT2D eigenvalue weighted by Crippen LogP contribution is -1.84. The summed E-state index contributed by atoms with van der Waals surface area (Å²) in [6, 6.07) is 17.1. The van der Waals surface area contributed by atoms with E-state index in [1.54, 1.807) is 0 Å². The van der Waals surface area contributed by atoms with Gasteiger partial charge < -0.3 is 0 Å². The third-order valence-electron chi connectivity index (χ3n) is 4.12. The molecule has 2 aliphatic carbocycles. The smallest absolute Gasteiger partial charge is 0 e. The van der Waals surface area contributed by atoms with Gasteiger partial charge in [0.05, 0.1) is 0 Å². The number of benzene rings is 2. The van der Waals surface area contributed by atoms with Crippen LogP contribution in [0.15, 0.2) is 60.7 Å². The normalized spacial score (nSPS) is 16.5. The molecule has 22 heavy (non-hydrogen) atoms. The summed E-state index contributed by atoms with van der Waals surface area (Å²) in [4.78, 5) is 0. The molecule has 114 valence electrons. The molecule has 0 bridgehead atoms. The summed E-state index contributed by atoms with van der Waals surface area (Å²) >= 11 is 4.24. The minimum atomic E-state index is 0.621. The van der Waals surface area contributed by atoms with Gasteiger partial charge in [-0.05, 0) is 47.1 Å². The predicted molar refractivity (Wildman–Crippen MR) is 116 cm³/mol. The van der Waals surface area contributed by atoms with Crippen LogP contribution >= 0.6 is 37.2 Å². The maximum atomic E-state index is 2.28. The van der Waals surface area contributed by atoms with Gasteiger partial charge in [-0.25, -0.2) is 0 Å². The number of hydrogen-bond acceptors (Lipinski definition) is 0.